The van der Waals surface area contributed by atoms with Crippen LogP contribution in [0, 0.1) is 5.82 Å². The van der Waals surface area contributed by atoms with Crippen molar-refractivity contribution >= 4 is 44.3 Å². The van der Waals surface area contributed by atoms with E-state index >= 15 is 0 Å². The molecule has 0 unspecified atom stereocenters. The third-order valence-corrected chi connectivity index (χ3v) is 4.46. The molecular weight excluding hydrogens is 335 g/mol. The van der Waals surface area contributed by atoms with Crippen molar-refractivity contribution < 1.29 is 14.3 Å². The van der Waals surface area contributed by atoms with Crippen LogP contribution in [0.5, 0.6) is 0 Å². The Morgan fingerprint density at radius 3 is 2.89 bits per heavy atom. The maximum absolute atomic E-state index is 13.4. The number of imidazole rings is 1. The second-order valence-corrected chi connectivity index (χ2v) is 5.61. The molecule has 2 heterocycles. The first-order valence-corrected chi connectivity index (χ1v) is 6.89. The van der Waals surface area contributed by atoms with E-state index in [0.717, 1.165) is 15.4 Å². The molecule has 2 aromatic heterocycles. The minimum atomic E-state index is -1.20. The molecule has 1 aromatic carbocycles. The predicted molar refractivity (Wildman–Crippen MR) is 74.0 cm³/mol. The number of nitrogens with one attached hydrogen (secondary N) is 1. The molecule has 0 aliphatic carbocycles. The largest absolute Gasteiger partial charge is 0.478 e. The Morgan fingerprint density at radius 1 is 1.47 bits per heavy atom. The van der Waals surface area contributed by atoms with Crippen molar-refractivity contribution in [2.45, 2.75) is 0 Å². The first-order valence-electron chi connectivity index (χ1n) is 5.22. The van der Waals surface area contributed by atoms with Crippen molar-refractivity contribution in [3.63, 3.8) is 0 Å². The number of fused-ring (bicyclic) bond motifs is 1. The first-order chi connectivity index (χ1) is 9.06. The first kappa shape index (κ1) is 12.3. The number of carbonyl (C=O) groups is 1. The van der Waals surface area contributed by atoms with E-state index in [4.69, 9.17) is 5.11 Å². The third kappa shape index (κ3) is 2.04. The molecule has 3 rings (SSSR count). The number of thiophene rings is 1. The van der Waals surface area contributed by atoms with Gasteiger partial charge in [-0.3, -0.25) is 0 Å². The second kappa shape index (κ2) is 4.43. The average Bonchev–Trinajstić information content (AvgIpc) is 2.93. The fraction of sp³-hybridized carbons (Fsp3) is 0. The van der Waals surface area contributed by atoms with Crippen molar-refractivity contribution in [2.75, 3.05) is 0 Å². The number of carboxylic acids is 1. The number of aromatic carboxylic acids is 1. The molecule has 0 aliphatic heterocycles. The highest BCUT2D eigenvalue weighted by molar-refractivity contribution is 9.10. The molecule has 3 aromatic rings. The van der Waals surface area contributed by atoms with Gasteiger partial charge >= 0.3 is 5.97 Å². The summed E-state index contributed by atoms with van der Waals surface area (Å²) >= 11 is 4.84. The monoisotopic (exact) mass is 340 g/mol. The number of aromatic nitrogens is 2. The normalized spacial score (nSPS) is 11.1. The fourth-order valence-electron chi connectivity index (χ4n) is 1.82. The molecule has 2 N–H and O–H groups in total. The zero-order valence-electron chi connectivity index (χ0n) is 9.28. The average molecular weight is 341 g/mol. The Labute approximate surface area is 119 Å². The van der Waals surface area contributed by atoms with Crippen LogP contribution in [-0.2, 0) is 0 Å². The van der Waals surface area contributed by atoms with E-state index < -0.39 is 11.8 Å². The highest BCUT2D eigenvalue weighted by Gasteiger charge is 2.17. The summed E-state index contributed by atoms with van der Waals surface area (Å²) in [5.74, 6) is -1.29. The van der Waals surface area contributed by atoms with Crippen molar-refractivity contribution in [2.24, 2.45) is 0 Å². The highest BCUT2D eigenvalue weighted by atomic mass is 79.9. The Hall–Kier alpha value is -1.73. The van der Waals surface area contributed by atoms with Crippen LogP contribution in [0.1, 0.15) is 10.4 Å². The summed E-state index contributed by atoms with van der Waals surface area (Å²) in [7, 11) is 0. The predicted octanol–water partition coefficient (Wildman–Crippen LogP) is 3.89. The molecule has 0 fully saturated rings. The molecule has 4 nitrogen and oxygen atoms in total. The van der Waals surface area contributed by atoms with Gasteiger partial charge in [-0.2, -0.15) is 0 Å². The lowest BCUT2D eigenvalue weighted by molar-refractivity contribution is 0.0698. The van der Waals surface area contributed by atoms with Crippen LogP contribution in [0.3, 0.4) is 0 Å². The van der Waals surface area contributed by atoms with Crippen LogP contribution in [0.4, 0.5) is 4.39 Å². The lowest BCUT2D eigenvalue weighted by atomic mass is 10.2. The van der Waals surface area contributed by atoms with Gasteiger partial charge in [0.25, 0.3) is 0 Å². The van der Waals surface area contributed by atoms with E-state index in [1.165, 1.54) is 17.4 Å². The SMILES string of the molecule is O=C(O)c1cc(F)cc2[nH]c(-c3sccc3Br)nc12. The number of carboxylic acid groups (broad SMARTS) is 1. The van der Waals surface area contributed by atoms with Crippen molar-refractivity contribution in [3.05, 3.63) is 39.4 Å². The van der Waals surface area contributed by atoms with Gasteiger partial charge in [-0.25, -0.2) is 14.2 Å². The van der Waals surface area contributed by atoms with Crippen LogP contribution in [-0.4, -0.2) is 21.0 Å². The number of aromatic amines is 1. The summed E-state index contributed by atoms with van der Waals surface area (Å²) in [4.78, 5) is 19.1. The molecule has 0 atom stereocenters. The quantitative estimate of drug-likeness (QED) is 0.743. The maximum Gasteiger partial charge on any atom is 0.338 e. The van der Waals surface area contributed by atoms with E-state index in [1.807, 2.05) is 11.4 Å². The van der Waals surface area contributed by atoms with Gasteiger partial charge in [0.05, 0.1) is 16.0 Å². The van der Waals surface area contributed by atoms with Gasteiger partial charge in [0.1, 0.15) is 17.2 Å². The number of hydrogen-bond acceptors (Lipinski definition) is 3. The molecule has 19 heavy (non-hydrogen) atoms. The van der Waals surface area contributed by atoms with Gasteiger partial charge in [0.15, 0.2) is 0 Å². The van der Waals surface area contributed by atoms with Crippen LogP contribution < -0.4 is 0 Å². The molecule has 0 spiro atoms. The van der Waals surface area contributed by atoms with Gasteiger partial charge < -0.3 is 10.1 Å². The lowest BCUT2D eigenvalue weighted by Crippen LogP contribution is -1.98. The van der Waals surface area contributed by atoms with Gasteiger partial charge in [0.2, 0.25) is 0 Å². The fourth-order valence-corrected chi connectivity index (χ4v) is 3.32. The summed E-state index contributed by atoms with van der Waals surface area (Å²) in [5, 5.41) is 11.0. The van der Waals surface area contributed by atoms with Gasteiger partial charge in [-0.1, -0.05) is 0 Å². The molecule has 0 aliphatic rings. The Kier molecular flexibility index (Phi) is 2.87. The number of benzene rings is 1. The highest BCUT2D eigenvalue weighted by Crippen LogP contribution is 2.33. The van der Waals surface area contributed by atoms with Crippen LogP contribution in [0.2, 0.25) is 0 Å². The molecule has 7 heteroatoms. The van der Waals surface area contributed by atoms with E-state index in [0.29, 0.717) is 11.3 Å². The minimum Gasteiger partial charge on any atom is -0.478 e. The van der Waals surface area contributed by atoms with Crippen molar-refractivity contribution in [3.8, 4) is 10.7 Å². The van der Waals surface area contributed by atoms with E-state index in [-0.39, 0.29) is 11.1 Å². The number of H-pyrrole nitrogens is 1. The van der Waals surface area contributed by atoms with E-state index in [9.17, 15) is 9.18 Å². The summed E-state index contributed by atoms with van der Waals surface area (Å²) in [5.41, 5.74) is 0.474. The van der Waals surface area contributed by atoms with Crippen molar-refractivity contribution in [1.82, 2.24) is 9.97 Å². The Morgan fingerprint density at radius 2 is 2.26 bits per heavy atom. The smallest absolute Gasteiger partial charge is 0.338 e. The van der Waals surface area contributed by atoms with Gasteiger partial charge in [0, 0.05) is 4.47 Å². The molecule has 0 radical (unpaired) electrons. The number of nitrogens with zero attached hydrogens (tertiary/aromatic N) is 1. The van der Waals surface area contributed by atoms with Crippen LogP contribution in [0.25, 0.3) is 21.7 Å². The molecule has 0 bridgehead atoms. The van der Waals surface area contributed by atoms with Gasteiger partial charge in [-0.05, 0) is 39.5 Å². The molecule has 0 amide bonds. The third-order valence-electron chi connectivity index (χ3n) is 2.61. The molecular formula is C12H6BrFN2O2S. The molecule has 0 saturated heterocycles. The number of rotatable bonds is 2. The molecule has 96 valence electrons. The standard InChI is InChI=1S/C12H6BrFN2O2S/c13-7-1-2-19-10(7)11-15-8-4-5(14)3-6(12(17)18)9(8)16-11/h1-4H,(H,15,16)(H,17,18). The summed E-state index contributed by atoms with van der Waals surface area (Å²) in [6.07, 6.45) is 0. The summed E-state index contributed by atoms with van der Waals surface area (Å²) in [6, 6.07) is 4.07. The number of halogens is 2. The minimum absolute atomic E-state index is 0.148. The van der Waals surface area contributed by atoms with Crippen molar-refractivity contribution in [1.29, 1.82) is 0 Å². The van der Waals surface area contributed by atoms with Crippen LogP contribution in [0.15, 0.2) is 28.1 Å². The number of hydrogen-bond donors (Lipinski definition) is 2. The van der Waals surface area contributed by atoms with E-state index in [2.05, 4.69) is 25.9 Å². The lowest BCUT2D eigenvalue weighted by Gasteiger charge is -1.95. The van der Waals surface area contributed by atoms with E-state index in [1.54, 1.807) is 0 Å². The van der Waals surface area contributed by atoms with Gasteiger partial charge in [-0.15, -0.1) is 11.3 Å². The Balaban J connectivity index is 2.29. The summed E-state index contributed by atoms with van der Waals surface area (Å²) < 4.78 is 14.2. The molecule has 0 saturated carbocycles. The summed E-state index contributed by atoms with van der Waals surface area (Å²) in [6.45, 7) is 0. The maximum atomic E-state index is 13.4. The Bertz CT molecular complexity index is 796. The van der Waals surface area contributed by atoms with Crippen LogP contribution >= 0.6 is 27.3 Å². The topological polar surface area (TPSA) is 66.0 Å². The second-order valence-electron chi connectivity index (χ2n) is 3.84. The zero-order chi connectivity index (χ0) is 13.6. The zero-order valence-corrected chi connectivity index (χ0v) is 11.7.